The van der Waals surface area contributed by atoms with Gasteiger partial charge in [-0.05, 0) is 19.9 Å². The zero-order valence-electron chi connectivity index (χ0n) is 6.13. The zero-order valence-corrected chi connectivity index (χ0v) is 6.95. The molecular weight excluding hydrogens is 150 g/mol. The lowest BCUT2D eigenvalue weighted by molar-refractivity contribution is 0.583. The summed E-state index contributed by atoms with van der Waals surface area (Å²) in [6, 6.07) is 0. The molecule has 1 atom stereocenters. The Morgan fingerprint density at radius 3 is 2.70 bits per heavy atom. The summed E-state index contributed by atoms with van der Waals surface area (Å²) in [7, 11) is -0.926. The quantitative estimate of drug-likeness (QED) is 0.612. The topological polar surface area (TPSA) is 46.2 Å². The molecule has 0 bridgehead atoms. The first-order chi connectivity index (χ1) is 4.67. The van der Waals surface area contributed by atoms with E-state index in [1.54, 1.807) is 7.05 Å². The van der Waals surface area contributed by atoms with Crippen LogP contribution in [0.4, 0.5) is 0 Å². The first-order valence-electron chi connectivity index (χ1n) is 3.53. The van der Waals surface area contributed by atoms with Gasteiger partial charge in [-0.1, -0.05) is 0 Å². The Bertz CT molecular complexity index is 198. The van der Waals surface area contributed by atoms with Crippen LogP contribution >= 0.6 is 0 Å². The summed E-state index contributed by atoms with van der Waals surface area (Å²) in [5.74, 6) is 0.388. The molecule has 1 rings (SSSR count). The molecule has 1 heterocycles. The second-order valence-corrected chi connectivity index (χ2v) is 5.09. The fraction of sp³-hybridized carbons (Fsp3) is 1.00. The molecule has 0 aliphatic carbocycles. The fourth-order valence-corrected chi connectivity index (χ4v) is 3.16. The Labute approximate surface area is 61.7 Å². The van der Waals surface area contributed by atoms with Crippen molar-refractivity contribution >= 4 is 9.84 Å². The number of nitrogens with one attached hydrogen (secondary N) is 1. The molecule has 1 fully saturated rings. The zero-order chi connectivity index (χ0) is 7.61. The van der Waals surface area contributed by atoms with Crippen LogP contribution in [0, 0.1) is 0 Å². The maximum absolute atomic E-state index is 11.1. The summed E-state index contributed by atoms with van der Waals surface area (Å²) >= 11 is 0. The standard InChI is InChI=1S/C6H13NO2S/c1-7-5-6-3-2-4-10(6,8)9/h6-7H,2-5H2,1H3. The molecule has 60 valence electrons. The number of rotatable bonds is 2. The second-order valence-electron chi connectivity index (χ2n) is 2.69. The third kappa shape index (κ3) is 1.49. The van der Waals surface area contributed by atoms with Crippen LogP contribution in [0.3, 0.4) is 0 Å². The van der Waals surface area contributed by atoms with Crippen molar-refractivity contribution in [2.24, 2.45) is 0 Å². The van der Waals surface area contributed by atoms with Crippen molar-refractivity contribution in [3.8, 4) is 0 Å². The van der Waals surface area contributed by atoms with Crippen molar-refractivity contribution in [1.29, 1.82) is 0 Å². The van der Waals surface area contributed by atoms with Crippen LogP contribution in [0.2, 0.25) is 0 Å². The highest BCUT2D eigenvalue weighted by Crippen LogP contribution is 2.18. The summed E-state index contributed by atoms with van der Waals surface area (Å²) in [5.41, 5.74) is 0. The van der Waals surface area contributed by atoms with Crippen LogP contribution < -0.4 is 5.32 Å². The van der Waals surface area contributed by atoms with Crippen LogP contribution in [0.1, 0.15) is 12.8 Å². The monoisotopic (exact) mass is 163 g/mol. The molecule has 0 aromatic carbocycles. The average Bonchev–Trinajstić information content (AvgIpc) is 2.13. The molecule has 0 amide bonds. The predicted octanol–water partition coefficient (Wildman–Crippen LogP) is -0.217. The Kier molecular flexibility index (Phi) is 2.31. The van der Waals surface area contributed by atoms with Crippen molar-refractivity contribution in [1.82, 2.24) is 5.32 Å². The first-order valence-corrected chi connectivity index (χ1v) is 5.24. The fourth-order valence-electron chi connectivity index (χ4n) is 1.32. The van der Waals surface area contributed by atoms with Crippen LogP contribution in [0.15, 0.2) is 0 Å². The molecule has 1 N–H and O–H groups in total. The van der Waals surface area contributed by atoms with Gasteiger partial charge in [-0.2, -0.15) is 0 Å². The van der Waals surface area contributed by atoms with E-state index < -0.39 is 9.84 Å². The third-order valence-electron chi connectivity index (χ3n) is 1.89. The first kappa shape index (κ1) is 8.01. The molecule has 0 saturated carbocycles. The SMILES string of the molecule is CNCC1CCCS1(=O)=O. The molecule has 0 aromatic rings. The van der Waals surface area contributed by atoms with Gasteiger partial charge in [0, 0.05) is 6.54 Å². The maximum Gasteiger partial charge on any atom is 0.154 e. The van der Waals surface area contributed by atoms with E-state index >= 15 is 0 Å². The number of hydrogen-bond acceptors (Lipinski definition) is 3. The predicted molar refractivity (Wildman–Crippen MR) is 40.7 cm³/mol. The second kappa shape index (κ2) is 2.88. The van der Waals surface area contributed by atoms with Crippen molar-refractivity contribution in [2.75, 3.05) is 19.3 Å². The molecule has 10 heavy (non-hydrogen) atoms. The van der Waals surface area contributed by atoms with E-state index in [1.165, 1.54) is 0 Å². The van der Waals surface area contributed by atoms with Crippen LogP contribution in [-0.2, 0) is 9.84 Å². The van der Waals surface area contributed by atoms with Gasteiger partial charge in [0.2, 0.25) is 0 Å². The maximum atomic E-state index is 11.1. The smallest absolute Gasteiger partial charge is 0.154 e. The summed E-state index contributed by atoms with van der Waals surface area (Å²) < 4.78 is 22.2. The van der Waals surface area contributed by atoms with Gasteiger partial charge in [-0.3, -0.25) is 0 Å². The van der Waals surface area contributed by atoms with E-state index in [9.17, 15) is 8.42 Å². The Morgan fingerprint density at radius 2 is 2.30 bits per heavy atom. The minimum Gasteiger partial charge on any atom is -0.318 e. The number of hydrogen-bond donors (Lipinski definition) is 1. The van der Waals surface area contributed by atoms with Gasteiger partial charge in [0.1, 0.15) is 0 Å². The summed E-state index contributed by atoms with van der Waals surface area (Å²) in [6.07, 6.45) is 1.68. The van der Waals surface area contributed by atoms with Gasteiger partial charge < -0.3 is 5.32 Å². The van der Waals surface area contributed by atoms with Crippen molar-refractivity contribution in [2.45, 2.75) is 18.1 Å². The normalized spacial score (nSPS) is 30.7. The molecular formula is C6H13NO2S. The summed E-state index contributed by atoms with van der Waals surface area (Å²) in [6.45, 7) is 0.613. The molecule has 4 heteroatoms. The minimum absolute atomic E-state index is 0.113. The van der Waals surface area contributed by atoms with Crippen LogP contribution in [0.5, 0.6) is 0 Å². The van der Waals surface area contributed by atoms with E-state index in [0.29, 0.717) is 12.3 Å². The highest BCUT2D eigenvalue weighted by molar-refractivity contribution is 7.92. The highest BCUT2D eigenvalue weighted by Gasteiger charge is 2.29. The molecule has 1 aliphatic heterocycles. The molecule has 0 aromatic heterocycles. The Morgan fingerprint density at radius 1 is 1.60 bits per heavy atom. The summed E-state index contributed by atoms with van der Waals surface area (Å²) in [5, 5.41) is 2.77. The number of sulfone groups is 1. The van der Waals surface area contributed by atoms with Gasteiger partial charge in [0.05, 0.1) is 11.0 Å². The molecule has 0 radical (unpaired) electrons. The molecule has 1 unspecified atom stereocenters. The Balaban J connectivity index is 2.60. The summed E-state index contributed by atoms with van der Waals surface area (Å²) in [4.78, 5) is 0. The largest absolute Gasteiger partial charge is 0.318 e. The highest BCUT2D eigenvalue weighted by atomic mass is 32.2. The van der Waals surface area contributed by atoms with E-state index in [4.69, 9.17) is 0 Å². The van der Waals surface area contributed by atoms with Crippen LogP contribution in [-0.4, -0.2) is 33.0 Å². The van der Waals surface area contributed by atoms with Gasteiger partial charge in [0.15, 0.2) is 9.84 Å². The van der Waals surface area contributed by atoms with Gasteiger partial charge in [0.25, 0.3) is 0 Å². The lowest BCUT2D eigenvalue weighted by atomic mass is 10.2. The van der Waals surface area contributed by atoms with Crippen molar-refractivity contribution in [3.63, 3.8) is 0 Å². The van der Waals surface area contributed by atoms with Crippen molar-refractivity contribution in [3.05, 3.63) is 0 Å². The Hall–Kier alpha value is -0.0900. The molecule has 3 nitrogen and oxygen atoms in total. The van der Waals surface area contributed by atoms with Gasteiger partial charge in [-0.15, -0.1) is 0 Å². The molecule has 1 aliphatic rings. The minimum atomic E-state index is -2.71. The van der Waals surface area contributed by atoms with E-state index in [0.717, 1.165) is 12.8 Å². The van der Waals surface area contributed by atoms with E-state index in [1.807, 2.05) is 0 Å². The van der Waals surface area contributed by atoms with E-state index in [2.05, 4.69) is 5.32 Å². The lowest BCUT2D eigenvalue weighted by Gasteiger charge is -2.06. The van der Waals surface area contributed by atoms with Crippen molar-refractivity contribution < 1.29 is 8.42 Å². The average molecular weight is 163 g/mol. The lowest BCUT2D eigenvalue weighted by Crippen LogP contribution is -2.27. The molecule has 0 spiro atoms. The van der Waals surface area contributed by atoms with E-state index in [-0.39, 0.29) is 5.25 Å². The van der Waals surface area contributed by atoms with Gasteiger partial charge >= 0.3 is 0 Å². The molecule has 1 saturated heterocycles. The third-order valence-corrected chi connectivity index (χ3v) is 4.17. The van der Waals surface area contributed by atoms with Gasteiger partial charge in [-0.25, -0.2) is 8.42 Å². The van der Waals surface area contributed by atoms with Crippen LogP contribution in [0.25, 0.3) is 0 Å².